The first-order valence-electron chi connectivity index (χ1n) is 10.0. The highest BCUT2D eigenvalue weighted by Gasteiger charge is 2.11. The highest BCUT2D eigenvalue weighted by atomic mass is 32.1. The first kappa shape index (κ1) is 22.5. The van der Waals surface area contributed by atoms with Crippen LogP contribution in [-0.4, -0.2) is 47.6 Å². The van der Waals surface area contributed by atoms with Gasteiger partial charge in [0.2, 0.25) is 5.91 Å². The molecule has 0 aliphatic carbocycles. The Hall–Kier alpha value is -3.17. The third kappa shape index (κ3) is 6.40. The number of aromatic nitrogens is 3. The topological polar surface area (TPSA) is 90.4 Å². The lowest BCUT2D eigenvalue weighted by Gasteiger charge is -2.10. The van der Waals surface area contributed by atoms with Gasteiger partial charge in [0.15, 0.2) is 10.6 Å². The molecular formula is C22H26N4O4S. The molecule has 0 spiro atoms. The minimum absolute atomic E-state index is 0.130. The van der Waals surface area contributed by atoms with Crippen molar-refractivity contribution in [1.82, 2.24) is 14.8 Å². The molecule has 0 radical (unpaired) electrons. The molecule has 0 saturated heterocycles. The number of aromatic amines is 1. The number of carbonyl (C=O) groups is 1. The van der Waals surface area contributed by atoms with E-state index >= 15 is 0 Å². The van der Waals surface area contributed by atoms with E-state index in [1.165, 1.54) is 0 Å². The van der Waals surface area contributed by atoms with E-state index in [9.17, 15) is 4.79 Å². The van der Waals surface area contributed by atoms with Gasteiger partial charge in [0.05, 0.1) is 13.2 Å². The maximum absolute atomic E-state index is 12.5. The molecule has 1 heterocycles. The van der Waals surface area contributed by atoms with Crippen molar-refractivity contribution in [2.24, 2.45) is 0 Å². The summed E-state index contributed by atoms with van der Waals surface area (Å²) in [6, 6.07) is 14.9. The molecule has 0 saturated carbocycles. The lowest BCUT2D eigenvalue weighted by molar-refractivity contribution is -0.116. The van der Waals surface area contributed by atoms with Crippen LogP contribution in [-0.2, 0) is 16.1 Å². The zero-order chi connectivity index (χ0) is 22.1. The third-order valence-electron chi connectivity index (χ3n) is 4.42. The summed E-state index contributed by atoms with van der Waals surface area (Å²) in [5.74, 6) is 2.01. The van der Waals surface area contributed by atoms with E-state index in [0.29, 0.717) is 48.4 Å². The van der Waals surface area contributed by atoms with E-state index in [-0.39, 0.29) is 12.3 Å². The molecule has 0 bridgehead atoms. The Kier molecular flexibility index (Phi) is 8.19. The van der Waals surface area contributed by atoms with Crippen LogP contribution < -0.4 is 14.8 Å². The van der Waals surface area contributed by atoms with Gasteiger partial charge in [0.25, 0.3) is 0 Å². The van der Waals surface area contributed by atoms with Gasteiger partial charge < -0.3 is 19.5 Å². The number of rotatable bonds is 11. The highest BCUT2D eigenvalue weighted by molar-refractivity contribution is 7.71. The van der Waals surface area contributed by atoms with E-state index in [1.54, 1.807) is 13.2 Å². The molecule has 2 N–H and O–H groups in total. The molecule has 0 unspecified atom stereocenters. The fourth-order valence-electron chi connectivity index (χ4n) is 2.96. The molecular weight excluding hydrogens is 416 g/mol. The summed E-state index contributed by atoms with van der Waals surface area (Å²) >= 11 is 5.35. The van der Waals surface area contributed by atoms with Gasteiger partial charge >= 0.3 is 0 Å². The number of amides is 1. The van der Waals surface area contributed by atoms with Gasteiger partial charge in [-0.2, -0.15) is 5.10 Å². The Bertz CT molecular complexity index is 1050. The number of benzene rings is 2. The number of methoxy groups -OCH3 is 1. The molecule has 2 aromatic carbocycles. The van der Waals surface area contributed by atoms with Gasteiger partial charge in [-0.25, -0.2) is 0 Å². The maximum atomic E-state index is 12.5. The zero-order valence-corrected chi connectivity index (χ0v) is 18.4. The fourth-order valence-corrected chi connectivity index (χ4v) is 3.18. The van der Waals surface area contributed by atoms with E-state index in [4.69, 9.17) is 26.4 Å². The van der Waals surface area contributed by atoms with Gasteiger partial charge in [-0.15, -0.1) is 0 Å². The second-order valence-corrected chi connectivity index (χ2v) is 7.02. The number of ether oxygens (including phenoxy) is 3. The van der Waals surface area contributed by atoms with Gasteiger partial charge in [-0.05, 0) is 55.5 Å². The quantitative estimate of drug-likeness (QED) is 0.344. The molecule has 164 valence electrons. The fraction of sp³-hybridized carbons (Fsp3) is 0.318. The standard InChI is InChI=1S/C22H26N4O4S/c1-3-29-18-9-7-16(8-10-18)21-24-25-22(31)26(21)12-11-20(27)23-17-5-4-6-19(15-17)30-14-13-28-2/h4-10,15H,3,11-14H2,1-2H3,(H,23,27)(H,25,31). The molecule has 3 rings (SSSR count). The van der Waals surface area contributed by atoms with Crippen molar-refractivity contribution in [3.05, 3.63) is 53.3 Å². The number of nitrogens with one attached hydrogen (secondary N) is 2. The molecule has 0 aliphatic rings. The van der Waals surface area contributed by atoms with Gasteiger partial charge in [0, 0.05) is 37.4 Å². The Morgan fingerprint density at radius 2 is 1.94 bits per heavy atom. The summed E-state index contributed by atoms with van der Waals surface area (Å²) in [5, 5.41) is 10.0. The zero-order valence-electron chi connectivity index (χ0n) is 17.6. The van der Waals surface area contributed by atoms with Crippen LogP contribution in [0.5, 0.6) is 11.5 Å². The predicted octanol–water partition coefficient (Wildman–Crippen LogP) is 4.06. The molecule has 0 atom stereocenters. The smallest absolute Gasteiger partial charge is 0.226 e. The van der Waals surface area contributed by atoms with Crippen LogP contribution in [0.25, 0.3) is 11.4 Å². The second kappa shape index (κ2) is 11.3. The maximum Gasteiger partial charge on any atom is 0.226 e. The molecule has 0 aliphatic heterocycles. The van der Waals surface area contributed by atoms with Crippen molar-refractivity contribution in [3.63, 3.8) is 0 Å². The first-order valence-corrected chi connectivity index (χ1v) is 10.4. The predicted molar refractivity (Wildman–Crippen MR) is 121 cm³/mol. The number of hydrogen-bond donors (Lipinski definition) is 2. The normalized spacial score (nSPS) is 10.6. The Morgan fingerprint density at radius 3 is 2.68 bits per heavy atom. The Labute approximate surface area is 186 Å². The summed E-state index contributed by atoms with van der Waals surface area (Å²) in [7, 11) is 1.62. The van der Waals surface area contributed by atoms with Crippen molar-refractivity contribution in [2.75, 3.05) is 32.2 Å². The molecule has 31 heavy (non-hydrogen) atoms. The van der Waals surface area contributed by atoms with Crippen molar-refractivity contribution >= 4 is 23.8 Å². The number of anilines is 1. The Balaban J connectivity index is 1.61. The minimum Gasteiger partial charge on any atom is -0.494 e. The average molecular weight is 443 g/mol. The highest BCUT2D eigenvalue weighted by Crippen LogP contribution is 2.22. The number of H-pyrrole nitrogens is 1. The van der Waals surface area contributed by atoms with Crippen LogP contribution >= 0.6 is 12.2 Å². The molecule has 9 heteroatoms. The number of carbonyl (C=O) groups excluding carboxylic acids is 1. The largest absolute Gasteiger partial charge is 0.494 e. The minimum atomic E-state index is -0.130. The lowest BCUT2D eigenvalue weighted by Crippen LogP contribution is -2.15. The van der Waals surface area contributed by atoms with Crippen molar-refractivity contribution in [2.45, 2.75) is 19.9 Å². The summed E-state index contributed by atoms with van der Waals surface area (Å²) in [4.78, 5) is 12.5. The molecule has 1 amide bonds. The van der Waals surface area contributed by atoms with Crippen molar-refractivity contribution in [3.8, 4) is 22.9 Å². The summed E-state index contributed by atoms with van der Waals surface area (Å²) in [6.45, 7) is 3.89. The monoisotopic (exact) mass is 442 g/mol. The van der Waals surface area contributed by atoms with Gasteiger partial charge in [-0.3, -0.25) is 14.5 Å². The van der Waals surface area contributed by atoms with E-state index in [1.807, 2.05) is 54.0 Å². The second-order valence-electron chi connectivity index (χ2n) is 6.63. The SMILES string of the molecule is CCOc1ccc(-c2n[nH]c(=S)n2CCC(=O)Nc2cccc(OCCOC)c2)cc1. The molecule has 0 fully saturated rings. The van der Waals surface area contributed by atoms with Crippen LogP contribution in [0.2, 0.25) is 0 Å². The van der Waals surface area contributed by atoms with Crippen LogP contribution in [0.15, 0.2) is 48.5 Å². The van der Waals surface area contributed by atoms with Crippen LogP contribution in [0.1, 0.15) is 13.3 Å². The number of nitrogens with zero attached hydrogens (tertiary/aromatic N) is 2. The van der Waals surface area contributed by atoms with Crippen LogP contribution in [0.3, 0.4) is 0 Å². The van der Waals surface area contributed by atoms with E-state index in [0.717, 1.165) is 11.3 Å². The summed E-state index contributed by atoms with van der Waals surface area (Å²) in [5.41, 5.74) is 1.56. The van der Waals surface area contributed by atoms with Crippen LogP contribution in [0.4, 0.5) is 5.69 Å². The van der Waals surface area contributed by atoms with Gasteiger partial charge in [-0.1, -0.05) is 6.07 Å². The average Bonchev–Trinajstić information content (AvgIpc) is 3.14. The lowest BCUT2D eigenvalue weighted by atomic mass is 10.2. The number of hydrogen-bond acceptors (Lipinski definition) is 6. The van der Waals surface area contributed by atoms with Crippen molar-refractivity contribution in [1.29, 1.82) is 0 Å². The van der Waals surface area contributed by atoms with Crippen molar-refractivity contribution < 1.29 is 19.0 Å². The van der Waals surface area contributed by atoms with Gasteiger partial charge in [0.1, 0.15) is 18.1 Å². The third-order valence-corrected chi connectivity index (χ3v) is 4.73. The molecule has 8 nitrogen and oxygen atoms in total. The van der Waals surface area contributed by atoms with E-state index in [2.05, 4.69) is 15.5 Å². The summed E-state index contributed by atoms with van der Waals surface area (Å²) in [6.07, 6.45) is 0.243. The first-order chi connectivity index (χ1) is 15.1. The van der Waals surface area contributed by atoms with E-state index < -0.39 is 0 Å². The van der Waals surface area contributed by atoms with Crippen LogP contribution in [0, 0.1) is 4.77 Å². The summed E-state index contributed by atoms with van der Waals surface area (Å²) < 4.78 is 18.3. The Morgan fingerprint density at radius 1 is 1.13 bits per heavy atom. The molecule has 3 aromatic rings. The molecule has 1 aromatic heterocycles.